The highest BCUT2D eigenvalue weighted by atomic mass is 16.2. The Balaban J connectivity index is 1.55. The van der Waals surface area contributed by atoms with Crippen LogP contribution in [0.15, 0.2) is 24.3 Å². The number of hydrogen-bond donors (Lipinski definition) is 0. The number of benzene rings is 1. The topological polar surface area (TPSA) is 58.4 Å². The first kappa shape index (κ1) is 19.0. The minimum atomic E-state index is 0.105. The number of fused-ring (bicyclic) bond motifs is 1. The molecule has 6 nitrogen and oxygen atoms in total. The Morgan fingerprint density at radius 1 is 1.14 bits per heavy atom. The van der Waals surface area contributed by atoms with E-state index in [2.05, 4.69) is 10.6 Å². The molecule has 1 atom stereocenters. The molecule has 0 saturated carbocycles. The van der Waals surface area contributed by atoms with Gasteiger partial charge >= 0.3 is 0 Å². The van der Waals surface area contributed by atoms with Crippen molar-refractivity contribution in [2.45, 2.75) is 57.9 Å². The molecule has 0 radical (unpaired) electrons. The second-order valence-electron chi connectivity index (χ2n) is 7.99. The van der Waals surface area contributed by atoms with Crippen molar-refractivity contribution in [3.63, 3.8) is 0 Å². The van der Waals surface area contributed by atoms with Crippen LogP contribution in [0.4, 0.5) is 0 Å². The van der Waals surface area contributed by atoms with Crippen LogP contribution in [-0.2, 0) is 16.1 Å². The van der Waals surface area contributed by atoms with Crippen LogP contribution in [0.3, 0.4) is 0 Å². The molecule has 0 aliphatic carbocycles. The molecule has 2 fully saturated rings. The van der Waals surface area contributed by atoms with Gasteiger partial charge in [-0.3, -0.25) is 9.59 Å². The van der Waals surface area contributed by atoms with E-state index in [0.717, 1.165) is 55.9 Å². The molecule has 1 unspecified atom stereocenters. The Morgan fingerprint density at radius 2 is 1.89 bits per heavy atom. The number of rotatable bonds is 5. The lowest BCUT2D eigenvalue weighted by Crippen LogP contribution is -2.32. The predicted molar refractivity (Wildman–Crippen MR) is 109 cm³/mol. The molecule has 2 aliphatic heterocycles. The number of carbonyl (C=O) groups is 2. The molecule has 0 N–H and O–H groups in total. The van der Waals surface area contributed by atoms with Gasteiger partial charge in [0, 0.05) is 51.5 Å². The maximum Gasteiger partial charge on any atom is 0.224 e. The number of hydrogen-bond acceptors (Lipinski definition) is 3. The van der Waals surface area contributed by atoms with Gasteiger partial charge in [0.25, 0.3) is 0 Å². The summed E-state index contributed by atoms with van der Waals surface area (Å²) >= 11 is 0. The minimum absolute atomic E-state index is 0.105. The van der Waals surface area contributed by atoms with Crippen LogP contribution in [0.25, 0.3) is 11.0 Å². The summed E-state index contributed by atoms with van der Waals surface area (Å²) in [6, 6.07) is 8.08. The molecular formula is C22H30N4O2. The monoisotopic (exact) mass is 382 g/mol. The summed E-state index contributed by atoms with van der Waals surface area (Å²) in [6.45, 7) is 5.88. The van der Waals surface area contributed by atoms with Gasteiger partial charge in [-0.1, -0.05) is 25.0 Å². The first-order valence-corrected chi connectivity index (χ1v) is 10.7. The molecule has 2 aromatic rings. The van der Waals surface area contributed by atoms with Crippen LogP contribution in [0.5, 0.6) is 0 Å². The van der Waals surface area contributed by atoms with E-state index in [4.69, 9.17) is 4.98 Å². The van der Waals surface area contributed by atoms with Crippen LogP contribution in [-0.4, -0.2) is 57.3 Å². The van der Waals surface area contributed by atoms with Crippen molar-refractivity contribution in [1.29, 1.82) is 0 Å². The molecule has 28 heavy (non-hydrogen) atoms. The smallest absolute Gasteiger partial charge is 0.224 e. The van der Waals surface area contributed by atoms with Crippen molar-refractivity contribution in [2.75, 3.05) is 26.2 Å². The van der Waals surface area contributed by atoms with Gasteiger partial charge in [0.15, 0.2) is 0 Å². The Hall–Kier alpha value is -2.37. The predicted octanol–water partition coefficient (Wildman–Crippen LogP) is 3.16. The van der Waals surface area contributed by atoms with E-state index in [1.54, 1.807) is 0 Å². The maximum absolute atomic E-state index is 12.8. The standard InChI is InChI=1S/C22H30N4O2/c1-2-24-16-17(15-21(24)28)22-23-18-9-5-6-10-19(18)26(22)14-11-20(27)25-12-7-3-4-8-13-25/h5-6,9-10,17H,2-4,7-8,11-16H2,1H3. The minimum Gasteiger partial charge on any atom is -0.343 e. The van der Waals surface area contributed by atoms with Crippen LogP contribution in [0.1, 0.15) is 57.2 Å². The van der Waals surface area contributed by atoms with E-state index in [1.807, 2.05) is 34.9 Å². The number of imidazole rings is 1. The van der Waals surface area contributed by atoms with Crippen molar-refractivity contribution >= 4 is 22.8 Å². The summed E-state index contributed by atoms with van der Waals surface area (Å²) in [4.78, 5) is 33.8. The fraction of sp³-hybridized carbons (Fsp3) is 0.591. The van der Waals surface area contributed by atoms with Gasteiger partial charge in [-0.2, -0.15) is 0 Å². The lowest BCUT2D eigenvalue weighted by atomic mass is 10.1. The summed E-state index contributed by atoms with van der Waals surface area (Å²) in [7, 11) is 0. The van der Waals surface area contributed by atoms with Crippen molar-refractivity contribution in [1.82, 2.24) is 19.4 Å². The summed E-state index contributed by atoms with van der Waals surface area (Å²) in [5, 5.41) is 0. The molecule has 0 bridgehead atoms. The highest BCUT2D eigenvalue weighted by Crippen LogP contribution is 2.30. The molecule has 1 aromatic heterocycles. The number of amides is 2. The molecule has 1 aromatic carbocycles. The third-order valence-corrected chi connectivity index (χ3v) is 6.15. The highest BCUT2D eigenvalue weighted by molar-refractivity contribution is 5.81. The highest BCUT2D eigenvalue weighted by Gasteiger charge is 2.33. The molecule has 2 aliphatic rings. The molecule has 2 amide bonds. The van der Waals surface area contributed by atoms with Gasteiger partial charge < -0.3 is 14.4 Å². The third kappa shape index (κ3) is 3.77. The number of para-hydroxylation sites is 2. The molecule has 0 spiro atoms. The quantitative estimate of drug-likeness (QED) is 0.798. The average molecular weight is 383 g/mol. The number of likely N-dealkylation sites (N-methyl/N-ethyl adjacent to an activating group) is 1. The van der Waals surface area contributed by atoms with Crippen LogP contribution < -0.4 is 0 Å². The zero-order valence-electron chi connectivity index (χ0n) is 16.8. The fourth-order valence-corrected chi connectivity index (χ4v) is 4.58. The Labute approximate surface area is 166 Å². The Kier molecular flexibility index (Phi) is 5.64. The third-order valence-electron chi connectivity index (χ3n) is 6.15. The number of aromatic nitrogens is 2. The number of carbonyl (C=O) groups excluding carboxylic acids is 2. The first-order valence-electron chi connectivity index (χ1n) is 10.7. The summed E-state index contributed by atoms with van der Waals surface area (Å²) < 4.78 is 2.18. The van der Waals surface area contributed by atoms with E-state index >= 15 is 0 Å². The lowest BCUT2D eigenvalue weighted by molar-refractivity contribution is -0.131. The number of aryl methyl sites for hydroxylation is 1. The zero-order chi connectivity index (χ0) is 19.5. The summed E-state index contributed by atoms with van der Waals surface area (Å²) in [5.74, 6) is 1.50. The molecule has 6 heteroatoms. The molecule has 3 heterocycles. The Bertz CT molecular complexity index is 851. The number of nitrogens with zero attached hydrogens (tertiary/aromatic N) is 4. The van der Waals surface area contributed by atoms with Crippen molar-refractivity contribution in [3.8, 4) is 0 Å². The SMILES string of the molecule is CCN1CC(c2nc3ccccc3n2CCC(=O)N2CCCCCC2)CC1=O. The largest absolute Gasteiger partial charge is 0.343 e. The van der Waals surface area contributed by atoms with Gasteiger partial charge in [0.2, 0.25) is 11.8 Å². The maximum atomic E-state index is 12.8. The van der Waals surface area contributed by atoms with E-state index in [9.17, 15) is 9.59 Å². The molecule has 2 saturated heterocycles. The van der Waals surface area contributed by atoms with Crippen LogP contribution in [0, 0.1) is 0 Å². The van der Waals surface area contributed by atoms with E-state index in [-0.39, 0.29) is 17.7 Å². The van der Waals surface area contributed by atoms with E-state index in [0.29, 0.717) is 19.4 Å². The Morgan fingerprint density at radius 3 is 2.61 bits per heavy atom. The molecule has 150 valence electrons. The second-order valence-corrected chi connectivity index (χ2v) is 7.99. The van der Waals surface area contributed by atoms with Gasteiger partial charge in [0.05, 0.1) is 11.0 Å². The molecule has 4 rings (SSSR count). The van der Waals surface area contributed by atoms with Crippen LogP contribution in [0.2, 0.25) is 0 Å². The molecular weight excluding hydrogens is 352 g/mol. The number of likely N-dealkylation sites (tertiary alicyclic amines) is 2. The van der Waals surface area contributed by atoms with Crippen molar-refractivity contribution in [3.05, 3.63) is 30.1 Å². The van der Waals surface area contributed by atoms with E-state index in [1.165, 1.54) is 12.8 Å². The second kappa shape index (κ2) is 8.33. The summed E-state index contributed by atoms with van der Waals surface area (Å²) in [6.07, 6.45) is 5.68. The van der Waals surface area contributed by atoms with Crippen molar-refractivity contribution < 1.29 is 9.59 Å². The normalized spacial score (nSPS) is 20.8. The van der Waals surface area contributed by atoms with Crippen LogP contribution >= 0.6 is 0 Å². The zero-order valence-corrected chi connectivity index (χ0v) is 16.8. The fourth-order valence-electron chi connectivity index (χ4n) is 4.58. The average Bonchev–Trinajstić information content (AvgIpc) is 3.13. The van der Waals surface area contributed by atoms with Gasteiger partial charge in [-0.15, -0.1) is 0 Å². The van der Waals surface area contributed by atoms with Crippen molar-refractivity contribution in [2.24, 2.45) is 0 Å². The van der Waals surface area contributed by atoms with Gasteiger partial charge in [0.1, 0.15) is 5.82 Å². The summed E-state index contributed by atoms with van der Waals surface area (Å²) in [5.41, 5.74) is 2.01. The van der Waals surface area contributed by atoms with Gasteiger partial charge in [-0.05, 0) is 31.9 Å². The van der Waals surface area contributed by atoms with E-state index < -0.39 is 0 Å². The first-order chi connectivity index (χ1) is 13.7. The lowest BCUT2D eigenvalue weighted by Gasteiger charge is -2.21. The van der Waals surface area contributed by atoms with Gasteiger partial charge in [-0.25, -0.2) is 4.98 Å².